The van der Waals surface area contributed by atoms with Crippen LogP contribution in [0, 0.1) is 0 Å². The topological polar surface area (TPSA) is 50.8 Å². The van der Waals surface area contributed by atoms with Crippen molar-refractivity contribution in [1.29, 1.82) is 0 Å². The van der Waals surface area contributed by atoms with Crippen molar-refractivity contribution in [1.82, 2.24) is 10.2 Å². The average Bonchev–Trinajstić information content (AvgIpc) is 3.22. The van der Waals surface area contributed by atoms with Crippen LogP contribution in [-0.2, 0) is 0 Å². The predicted molar refractivity (Wildman–Crippen MR) is 105 cm³/mol. The fourth-order valence-corrected chi connectivity index (χ4v) is 4.36. The Labute approximate surface area is 158 Å². The molecule has 140 valence electrons. The van der Waals surface area contributed by atoms with Gasteiger partial charge in [-0.05, 0) is 55.4 Å². The number of benzene rings is 1. The smallest absolute Gasteiger partial charge is 0.258 e. The maximum absolute atomic E-state index is 12.6. The van der Waals surface area contributed by atoms with Gasteiger partial charge in [0.1, 0.15) is 17.1 Å². The molecule has 1 amide bonds. The predicted octanol–water partition coefficient (Wildman–Crippen LogP) is 3.37. The van der Waals surface area contributed by atoms with Gasteiger partial charge >= 0.3 is 0 Å². The number of nitrogens with zero attached hydrogens (tertiary/aromatic N) is 1. The van der Waals surface area contributed by atoms with Crippen LogP contribution in [0.2, 0.25) is 0 Å². The molecule has 0 spiro atoms. The summed E-state index contributed by atoms with van der Waals surface area (Å²) in [7, 11) is 3.12. The average molecular weight is 375 g/mol. The molecule has 1 aromatic heterocycles. The summed E-state index contributed by atoms with van der Waals surface area (Å²) in [6, 6.07) is 9.73. The van der Waals surface area contributed by atoms with E-state index in [0.29, 0.717) is 29.5 Å². The molecule has 3 rings (SSSR count). The standard InChI is InChI=1S/C20H26N2O3S/c1-24-16-5-3-6-17(25-2)19(16)20(23)21-10-13-22-11-8-15(9-12-22)18-7-4-14-26-18/h3-7,14-15H,8-13H2,1-2H3,(H,21,23). The zero-order valence-corrected chi connectivity index (χ0v) is 16.2. The van der Waals surface area contributed by atoms with Crippen LogP contribution >= 0.6 is 11.3 Å². The van der Waals surface area contributed by atoms with E-state index in [1.807, 2.05) is 17.4 Å². The number of hydrogen-bond acceptors (Lipinski definition) is 5. The summed E-state index contributed by atoms with van der Waals surface area (Å²) in [5.41, 5.74) is 0.453. The molecule has 1 N–H and O–H groups in total. The summed E-state index contributed by atoms with van der Waals surface area (Å²) in [6.45, 7) is 3.64. The van der Waals surface area contributed by atoms with Gasteiger partial charge in [0.25, 0.3) is 5.91 Å². The van der Waals surface area contributed by atoms with Gasteiger partial charge in [0.15, 0.2) is 0 Å². The summed E-state index contributed by atoms with van der Waals surface area (Å²) in [4.78, 5) is 16.5. The molecule has 1 aliphatic rings. The summed E-state index contributed by atoms with van der Waals surface area (Å²) >= 11 is 1.86. The number of thiophene rings is 1. The molecule has 0 aliphatic carbocycles. The van der Waals surface area contributed by atoms with Crippen molar-refractivity contribution in [3.8, 4) is 11.5 Å². The molecule has 6 heteroatoms. The van der Waals surface area contributed by atoms with Crippen molar-refractivity contribution in [3.63, 3.8) is 0 Å². The Kier molecular flexibility index (Phi) is 6.52. The molecule has 0 bridgehead atoms. The molecular weight excluding hydrogens is 348 g/mol. The number of carbonyl (C=O) groups is 1. The van der Waals surface area contributed by atoms with Crippen molar-refractivity contribution in [2.75, 3.05) is 40.4 Å². The highest BCUT2D eigenvalue weighted by Gasteiger charge is 2.22. The molecule has 1 saturated heterocycles. The Morgan fingerprint density at radius 3 is 2.42 bits per heavy atom. The van der Waals surface area contributed by atoms with Crippen LogP contribution in [0.3, 0.4) is 0 Å². The second kappa shape index (κ2) is 9.05. The third kappa shape index (κ3) is 4.37. The number of ether oxygens (including phenoxy) is 2. The second-order valence-electron chi connectivity index (χ2n) is 6.42. The van der Waals surface area contributed by atoms with Gasteiger partial charge in [-0.3, -0.25) is 4.79 Å². The van der Waals surface area contributed by atoms with E-state index in [1.54, 1.807) is 26.4 Å². The van der Waals surface area contributed by atoms with Crippen LogP contribution in [0.25, 0.3) is 0 Å². The lowest BCUT2D eigenvalue weighted by Gasteiger charge is -2.31. The highest BCUT2D eigenvalue weighted by atomic mass is 32.1. The Morgan fingerprint density at radius 1 is 1.15 bits per heavy atom. The second-order valence-corrected chi connectivity index (χ2v) is 7.40. The van der Waals surface area contributed by atoms with Crippen molar-refractivity contribution >= 4 is 17.2 Å². The number of piperidine rings is 1. The van der Waals surface area contributed by atoms with Crippen molar-refractivity contribution in [2.24, 2.45) is 0 Å². The van der Waals surface area contributed by atoms with Gasteiger partial charge in [-0.15, -0.1) is 11.3 Å². The van der Waals surface area contributed by atoms with E-state index in [0.717, 1.165) is 19.6 Å². The van der Waals surface area contributed by atoms with Crippen molar-refractivity contribution in [2.45, 2.75) is 18.8 Å². The first kappa shape index (κ1) is 18.7. The molecule has 1 aliphatic heterocycles. The minimum Gasteiger partial charge on any atom is -0.496 e. The molecule has 5 nitrogen and oxygen atoms in total. The minimum atomic E-state index is -0.159. The lowest BCUT2D eigenvalue weighted by atomic mass is 9.95. The molecular formula is C20H26N2O3S. The first-order chi connectivity index (χ1) is 12.7. The zero-order valence-electron chi connectivity index (χ0n) is 15.4. The number of likely N-dealkylation sites (tertiary alicyclic amines) is 1. The monoisotopic (exact) mass is 374 g/mol. The third-order valence-corrected chi connectivity index (χ3v) is 5.94. The number of rotatable bonds is 7. The highest BCUT2D eigenvalue weighted by molar-refractivity contribution is 7.10. The third-order valence-electron chi connectivity index (χ3n) is 4.90. The van der Waals surface area contributed by atoms with E-state index >= 15 is 0 Å². The van der Waals surface area contributed by atoms with Gasteiger partial charge in [-0.1, -0.05) is 12.1 Å². The van der Waals surface area contributed by atoms with Gasteiger partial charge in [-0.25, -0.2) is 0 Å². The number of carbonyl (C=O) groups excluding carboxylic acids is 1. The van der Waals surface area contributed by atoms with Crippen LogP contribution in [-0.4, -0.2) is 51.2 Å². The maximum atomic E-state index is 12.6. The molecule has 0 atom stereocenters. The molecule has 2 heterocycles. The van der Waals surface area contributed by atoms with Crippen LogP contribution in [0.1, 0.15) is 34.0 Å². The Bertz CT molecular complexity index is 688. The maximum Gasteiger partial charge on any atom is 0.258 e. The van der Waals surface area contributed by atoms with Gasteiger partial charge < -0.3 is 19.7 Å². The number of hydrogen-bond donors (Lipinski definition) is 1. The van der Waals surface area contributed by atoms with Crippen LogP contribution in [0.15, 0.2) is 35.7 Å². The fourth-order valence-electron chi connectivity index (χ4n) is 3.46. The number of nitrogens with one attached hydrogen (secondary N) is 1. The Balaban J connectivity index is 1.48. The van der Waals surface area contributed by atoms with Gasteiger partial charge in [0, 0.05) is 18.0 Å². The lowest BCUT2D eigenvalue weighted by molar-refractivity contribution is 0.0939. The normalized spacial score (nSPS) is 15.6. The van der Waals surface area contributed by atoms with E-state index in [4.69, 9.17) is 9.47 Å². The highest BCUT2D eigenvalue weighted by Crippen LogP contribution is 2.31. The summed E-state index contributed by atoms with van der Waals surface area (Å²) in [5, 5.41) is 5.15. The zero-order chi connectivity index (χ0) is 18.4. The SMILES string of the molecule is COc1cccc(OC)c1C(=O)NCCN1CCC(c2cccs2)CC1. The summed E-state index contributed by atoms with van der Waals surface area (Å²) < 4.78 is 10.6. The first-order valence-corrected chi connectivity index (χ1v) is 9.86. The number of amides is 1. The van der Waals surface area contributed by atoms with Crippen LogP contribution in [0.5, 0.6) is 11.5 Å². The van der Waals surface area contributed by atoms with Gasteiger partial charge in [0.2, 0.25) is 0 Å². The quantitative estimate of drug-likeness (QED) is 0.807. The first-order valence-electron chi connectivity index (χ1n) is 8.98. The van der Waals surface area contributed by atoms with E-state index < -0.39 is 0 Å². The van der Waals surface area contributed by atoms with E-state index in [-0.39, 0.29) is 5.91 Å². The molecule has 26 heavy (non-hydrogen) atoms. The largest absolute Gasteiger partial charge is 0.496 e. The van der Waals surface area contributed by atoms with Crippen LogP contribution in [0.4, 0.5) is 0 Å². The Hall–Kier alpha value is -2.05. The van der Waals surface area contributed by atoms with Crippen LogP contribution < -0.4 is 14.8 Å². The molecule has 0 radical (unpaired) electrons. The Morgan fingerprint density at radius 2 is 1.85 bits per heavy atom. The molecule has 1 fully saturated rings. The molecule has 0 unspecified atom stereocenters. The lowest BCUT2D eigenvalue weighted by Crippen LogP contribution is -2.39. The summed E-state index contributed by atoms with van der Waals surface area (Å²) in [5.74, 6) is 1.59. The summed E-state index contributed by atoms with van der Waals surface area (Å²) in [6.07, 6.45) is 2.38. The van der Waals surface area contributed by atoms with E-state index in [9.17, 15) is 4.79 Å². The fraction of sp³-hybridized carbons (Fsp3) is 0.450. The van der Waals surface area contributed by atoms with Crippen molar-refractivity contribution in [3.05, 3.63) is 46.2 Å². The number of methoxy groups -OCH3 is 2. The van der Waals surface area contributed by atoms with E-state index in [1.165, 1.54) is 17.7 Å². The van der Waals surface area contributed by atoms with Gasteiger partial charge in [-0.2, -0.15) is 0 Å². The molecule has 2 aromatic rings. The van der Waals surface area contributed by atoms with Crippen molar-refractivity contribution < 1.29 is 14.3 Å². The molecule has 1 aromatic carbocycles. The van der Waals surface area contributed by atoms with E-state index in [2.05, 4.69) is 27.7 Å². The van der Waals surface area contributed by atoms with Gasteiger partial charge in [0.05, 0.1) is 14.2 Å². The molecule has 0 saturated carbocycles. The minimum absolute atomic E-state index is 0.159.